The zero-order chi connectivity index (χ0) is 25.5. The van der Waals surface area contributed by atoms with Gasteiger partial charge in [-0.3, -0.25) is 9.78 Å². The topological polar surface area (TPSA) is 76.0 Å². The summed E-state index contributed by atoms with van der Waals surface area (Å²) in [5.41, 5.74) is 2.36. The Hall–Kier alpha value is -2.58. The van der Waals surface area contributed by atoms with Crippen LogP contribution in [0.5, 0.6) is 0 Å². The number of urea groups is 1. The molecule has 2 aliphatic carbocycles. The first-order valence-corrected chi connectivity index (χ1v) is 12.5. The first kappa shape index (κ1) is 25.5. The average molecular weight is 493 g/mol. The molecular weight excluding hydrogens is 457 g/mol. The molecule has 2 saturated carbocycles. The molecule has 2 aliphatic rings. The summed E-state index contributed by atoms with van der Waals surface area (Å²) in [5, 5.41) is 6.66. The van der Waals surface area contributed by atoms with E-state index in [4.69, 9.17) is 0 Å². The Labute approximate surface area is 203 Å². The van der Waals surface area contributed by atoms with Crippen LogP contribution in [-0.2, 0) is 7.05 Å². The summed E-state index contributed by atoms with van der Waals surface area (Å²) in [5.74, 6) is -1.57. The Morgan fingerprint density at radius 3 is 2.31 bits per heavy atom. The molecule has 35 heavy (non-hydrogen) atoms. The number of hydrogen-bond acceptors (Lipinski definition) is 3. The molecule has 2 aromatic rings. The van der Waals surface area contributed by atoms with Crippen molar-refractivity contribution in [2.75, 3.05) is 0 Å². The molecule has 0 radical (unpaired) electrons. The van der Waals surface area contributed by atoms with Crippen molar-refractivity contribution in [2.24, 2.45) is 24.8 Å². The van der Waals surface area contributed by atoms with Crippen LogP contribution >= 0.6 is 0 Å². The van der Waals surface area contributed by atoms with E-state index in [1.807, 2.05) is 19.1 Å². The summed E-state index contributed by atoms with van der Waals surface area (Å²) < 4.78 is 41.7. The number of aromatic nitrogens is 2. The predicted molar refractivity (Wildman–Crippen MR) is 129 cm³/mol. The van der Waals surface area contributed by atoms with Crippen molar-refractivity contribution in [1.82, 2.24) is 20.2 Å². The zero-order valence-electron chi connectivity index (χ0n) is 20.8. The number of carbonyl (C=O) groups is 1. The van der Waals surface area contributed by atoms with E-state index < -0.39 is 30.1 Å². The zero-order valence-corrected chi connectivity index (χ0v) is 20.8. The largest absolute Gasteiger partial charge is 0.392 e. The Kier molecular flexibility index (Phi) is 7.16. The third kappa shape index (κ3) is 5.48. The Bertz CT molecular complexity index is 1150. The number of alkyl halides is 3. The molecule has 2 fully saturated rings. The number of aryl methyl sites for hydroxylation is 2. The van der Waals surface area contributed by atoms with Crippen molar-refractivity contribution in [3.05, 3.63) is 39.9 Å². The smallest absolute Gasteiger partial charge is 0.335 e. The third-order valence-electron chi connectivity index (χ3n) is 8.15. The summed E-state index contributed by atoms with van der Waals surface area (Å²) >= 11 is 0. The Morgan fingerprint density at radius 1 is 1.03 bits per heavy atom. The molecule has 0 spiro atoms. The normalized spacial score (nSPS) is 29.7. The molecule has 2 N–H and O–H groups in total. The van der Waals surface area contributed by atoms with Gasteiger partial charge in [0.05, 0.1) is 11.4 Å². The van der Waals surface area contributed by atoms with E-state index in [1.165, 1.54) is 0 Å². The fourth-order valence-corrected chi connectivity index (χ4v) is 5.96. The van der Waals surface area contributed by atoms with E-state index in [2.05, 4.69) is 22.5 Å². The number of hydrogen-bond donors (Lipinski definition) is 2. The minimum atomic E-state index is -4.25. The third-order valence-corrected chi connectivity index (χ3v) is 8.15. The minimum Gasteiger partial charge on any atom is -0.335 e. The van der Waals surface area contributed by atoms with E-state index in [0.717, 1.165) is 35.0 Å². The molecule has 192 valence electrons. The lowest BCUT2D eigenvalue weighted by atomic mass is 9.74. The highest BCUT2D eigenvalue weighted by Gasteiger charge is 2.46. The summed E-state index contributed by atoms with van der Waals surface area (Å²) in [6.07, 6.45) is 0.674. The molecule has 0 saturated heterocycles. The van der Waals surface area contributed by atoms with Gasteiger partial charge < -0.3 is 15.2 Å². The van der Waals surface area contributed by atoms with E-state index in [9.17, 15) is 22.8 Å². The lowest BCUT2D eigenvalue weighted by Gasteiger charge is -2.37. The lowest BCUT2D eigenvalue weighted by Crippen LogP contribution is -2.51. The number of pyridine rings is 2. The SMILES string of the molecule is Cc1cc2c(cn1)cc(C1CC(NC(=O)NC3CCC(C)C(C(F)(F)F)C3)CCC1C)c(=O)n2C. The van der Waals surface area contributed by atoms with E-state index in [0.29, 0.717) is 19.3 Å². The van der Waals surface area contributed by atoms with Gasteiger partial charge in [-0.25, -0.2) is 4.79 Å². The molecule has 9 heteroatoms. The molecule has 6 atom stereocenters. The average Bonchev–Trinajstić information content (AvgIpc) is 2.78. The highest BCUT2D eigenvalue weighted by atomic mass is 19.4. The molecule has 0 aromatic carbocycles. The number of rotatable bonds is 3. The Balaban J connectivity index is 1.44. The van der Waals surface area contributed by atoms with Crippen LogP contribution in [0.2, 0.25) is 0 Å². The van der Waals surface area contributed by atoms with Crippen molar-refractivity contribution >= 4 is 16.9 Å². The second-order valence-electron chi connectivity index (χ2n) is 10.7. The maximum absolute atomic E-state index is 13.3. The van der Waals surface area contributed by atoms with Crippen LogP contribution in [0.4, 0.5) is 18.0 Å². The van der Waals surface area contributed by atoms with Gasteiger partial charge in [0, 0.05) is 42.0 Å². The summed E-state index contributed by atoms with van der Waals surface area (Å²) in [7, 11) is 1.77. The molecule has 0 aliphatic heterocycles. The number of nitrogens with zero attached hydrogens (tertiary/aromatic N) is 2. The van der Waals surface area contributed by atoms with Crippen molar-refractivity contribution in [2.45, 2.75) is 83.5 Å². The van der Waals surface area contributed by atoms with Crippen LogP contribution in [0.15, 0.2) is 23.1 Å². The second-order valence-corrected chi connectivity index (χ2v) is 10.7. The van der Waals surface area contributed by atoms with Crippen LogP contribution in [0, 0.1) is 24.7 Å². The number of amides is 2. The first-order valence-electron chi connectivity index (χ1n) is 12.5. The van der Waals surface area contributed by atoms with Crippen LogP contribution in [0.25, 0.3) is 10.9 Å². The van der Waals surface area contributed by atoms with E-state index >= 15 is 0 Å². The fraction of sp³-hybridized carbons (Fsp3) is 0.654. The maximum atomic E-state index is 13.3. The monoisotopic (exact) mass is 492 g/mol. The molecule has 4 rings (SSSR count). The van der Waals surface area contributed by atoms with E-state index in [1.54, 1.807) is 24.7 Å². The van der Waals surface area contributed by atoms with Gasteiger partial charge in [-0.2, -0.15) is 13.2 Å². The van der Waals surface area contributed by atoms with Gasteiger partial charge in [-0.05, 0) is 75.3 Å². The highest BCUT2D eigenvalue weighted by molar-refractivity contribution is 5.79. The van der Waals surface area contributed by atoms with Gasteiger partial charge in [-0.15, -0.1) is 0 Å². The molecule has 2 aromatic heterocycles. The summed E-state index contributed by atoms with van der Waals surface area (Å²) in [6.45, 7) is 5.64. The van der Waals surface area contributed by atoms with Gasteiger partial charge in [0.2, 0.25) is 0 Å². The molecule has 2 heterocycles. The number of fused-ring (bicyclic) bond motifs is 1. The van der Waals surface area contributed by atoms with Crippen LogP contribution in [0.1, 0.15) is 69.5 Å². The molecule has 0 bridgehead atoms. The van der Waals surface area contributed by atoms with Gasteiger partial charge in [0.15, 0.2) is 0 Å². The summed E-state index contributed by atoms with van der Waals surface area (Å²) in [6, 6.07) is 2.77. The maximum Gasteiger partial charge on any atom is 0.392 e. The standard InChI is InChI=1S/C26H35F3N4O2/c1-14-5-7-18(31-25(35)32-19-8-6-15(2)22(12-19)26(27,28)29)11-20(14)21-10-17-13-30-16(3)9-23(17)33(4)24(21)34/h9-10,13-15,18-20,22H,5-8,11-12H2,1-4H3,(H2,31,32,35). The summed E-state index contributed by atoms with van der Waals surface area (Å²) in [4.78, 5) is 30.3. The number of halogens is 3. The lowest BCUT2D eigenvalue weighted by molar-refractivity contribution is -0.196. The Morgan fingerprint density at radius 2 is 1.66 bits per heavy atom. The molecule has 2 amide bonds. The van der Waals surface area contributed by atoms with Gasteiger partial charge in [-0.1, -0.05) is 13.8 Å². The quantitative estimate of drug-likeness (QED) is 0.620. The second kappa shape index (κ2) is 9.82. The highest BCUT2D eigenvalue weighted by Crippen LogP contribution is 2.41. The van der Waals surface area contributed by atoms with Gasteiger partial charge in [0.25, 0.3) is 5.56 Å². The first-order chi connectivity index (χ1) is 16.4. The molecule has 6 nitrogen and oxygen atoms in total. The van der Waals surface area contributed by atoms with Crippen LogP contribution in [0.3, 0.4) is 0 Å². The minimum absolute atomic E-state index is 0.0245. The van der Waals surface area contributed by atoms with Crippen LogP contribution in [-0.4, -0.2) is 33.8 Å². The fourth-order valence-electron chi connectivity index (χ4n) is 5.96. The number of nitrogens with one attached hydrogen (secondary N) is 2. The molecular formula is C26H35F3N4O2. The van der Waals surface area contributed by atoms with Crippen LogP contribution < -0.4 is 16.2 Å². The van der Waals surface area contributed by atoms with Gasteiger partial charge >= 0.3 is 12.2 Å². The van der Waals surface area contributed by atoms with Crippen molar-refractivity contribution in [3.63, 3.8) is 0 Å². The predicted octanol–water partition coefficient (Wildman–Crippen LogP) is 5.18. The van der Waals surface area contributed by atoms with Crippen molar-refractivity contribution in [1.29, 1.82) is 0 Å². The molecule has 6 unspecified atom stereocenters. The van der Waals surface area contributed by atoms with Gasteiger partial charge in [0.1, 0.15) is 0 Å². The van der Waals surface area contributed by atoms with Crippen molar-refractivity contribution < 1.29 is 18.0 Å². The van der Waals surface area contributed by atoms with Crippen molar-refractivity contribution in [3.8, 4) is 0 Å². The van der Waals surface area contributed by atoms with E-state index in [-0.39, 0.29) is 29.9 Å². The number of carbonyl (C=O) groups excluding carboxylic acids is 1.